The maximum atomic E-state index is 5.68. The van der Waals surface area contributed by atoms with Crippen LogP contribution < -0.4 is 10.1 Å². The van der Waals surface area contributed by atoms with Crippen LogP contribution in [0.3, 0.4) is 0 Å². The van der Waals surface area contributed by atoms with E-state index >= 15 is 0 Å². The van der Waals surface area contributed by atoms with Crippen molar-refractivity contribution in [3.63, 3.8) is 0 Å². The van der Waals surface area contributed by atoms with Crippen molar-refractivity contribution in [1.82, 2.24) is 0 Å². The van der Waals surface area contributed by atoms with Gasteiger partial charge in [-0.3, -0.25) is 0 Å². The van der Waals surface area contributed by atoms with Gasteiger partial charge in [-0.1, -0.05) is 48.5 Å². The molecule has 0 aliphatic rings. The summed E-state index contributed by atoms with van der Waals surface area (Å²) in [4.78, 5) is 0. The predicted octanol–water partition coefficient (Wildman–Crippen LogP) is 2.79. The Morgan fingerprint density at radius 2 is 1.38 bits per heavy atom. The summed E-state index contributed by atoms with van der Waals surface area (Å²) < 4.78 is 10.8. The lowest BCUT2D eigenvalue weighted by atomic mass is 9.79. The molecule has 0 saturated heterocycles. The van der Waals surface area contributed by atoms with Crippen LogP contribution in [0.15, 0.2) is 60.7 Å². The van der Waals surface area contributed by atoms with E-state index in [0.717, 1.165) is 11.2 Å². The third-order valence-corrected chi connectivity index (χ3v) is 2.48. The van der Waals surface area contributed by atoms with Gasteiger partial charge < -0.3 is 8.40 Å². The largest absolute Gasteiger partial charge is 0.573 e. The molecule has 0 atom stereocenters. The van der Waals surface area contributed by atoms with Crippen molar-refractivity contribution in [2.24, 2.45) is 0 Å². The summed E-state index contributed by atoms with van der Waals surface area (Å²) in [6.45, 7) is 0. The highest BCUT2D eigenvalue weighted by Gasteiger charge is 2.22. The summed E-state index contributed by atoms with van der Waals surface area (Å²) in [6, 6.07) is 19.3. The zero-order valence-electron chi connectivity index (χ0n) is 8.55. The van der Waals surface area contributed by atoms with Crippen LogP contribution in [0, 0.1) is 0 Å². The van der Waals surface area contributed by atoms with Gasteiger partial charge in [-0.05, 0) is 17.6 Å². The highest BCUT2D eigenvalue weighted by Crippen LogP contribution is 2.11. The van der Waals surface area contributed by atoms with E-state index in [1.807, 2.05) is 60.7 Å². The topological polar surface area (TPSA) is 18.5 Å². The molecular weight excluding hydrogens is 267 g/mol. The number of hydrogen-bond acceptors (Lipinski definition) is 2. The normalized spacial score (nSPS) is 9.81. The molecule has 0 bridgehead atoms. The molecule has 2 rings (SSSR count). The molecule has 0 aliphatic heterocycles. The Bertz CT molecular complexity index is 422. The average Bonchev–Trinajstić information content (AvgIpc) is 2.38. The van der Waals surface area contributed by atoms with Crippen LogP contribution in [-0.2, 0) is 3.75 Å². The standard InChI is InChI=1S/C12H10BBrO2/c14-16-13(11-7-3-1-4-8-11)15-12-9-5-2-6-10-12/h1-10H. The molecule has 0 amide bonds. The summed E-state index contributed by atoms with van der Waals surface area (Å²) in [7, 11) is -0.441. The van der Waals surface area contributed by atoms with Crippen molar-refractivity contribution in [3.8, 4) is 5.75 Å². The van der Waals surface area contributed by atoms with E-state index in [4.69, 9.17) is 8.40 Å². The fraction of sp³-hybridized carbons (Fsp3) is 0. The van der Waals surface area contributed by atoms with Crippen molar-refractivity contribution in [2.75, 3.05) is 0 Å². The number of rotatable bonds is 4. The van der Waals surface area contributed by atoms with Gasteiger partial charge in [0.05, 0.1) is 16.3 Å². The number of benzene rings is 2. The van der Waals surface area contributed by atoms with E-state index in [0.29, 0.717) is 0 Å². The average molecular weight is 277 g/mol. The van der Waals surface area contributed by atoms with Crippen LogP contribution in [-0.4, -0.2) is 7.12 Å². The van der Waals surface area contributed by atoms with Crippen molar-refractivity contribution in [1.29, 1.82) is 0 Å². The van der Waals surface area contributed by atoms with E-state index in [1.54, 1.807) is 0 Å². The summed E-state index contributed by atoms with van der Waals surface area (Å²) in [6.07, 6.45) is 0. The molecule has 0 spiro atoms. The van der Waals surface area contributed by atoms with Gasteiger partial charge in [-0.25, -0.2) is 0 Å². The number of hydrogen-bond donors (Lipinski definition) is 0. The Morgan fingerprint density at radius 3 is 1.94 bits per heavy atom. The van der Waals surface area contributed by atoms with Crippen LogP contribution >= 0.6 is 16.3 Å². The molecule has 0 heterocycles. The van der Waals surface area contributed by atoms with Crippen LogP contribution in [0.5, 0.6) is 5.75 Å². The third kappa shape index (κ3) is 2.87. The van der Waals surface area contributed by atoms with Crippen molar-refractivity contribution >= 4 is 28.8 Å². The van der Waals surface area contributed by atoms with Gasteiger partial charge in [0.1, 0.15) is 5.75 Å². The second-order valence-corrected chi connectivity index (χ2v) is 3.64. The van der Waals surface area contributed by atoms with E-state index in [2.05, 4.69) is 16.3 Å². The summed E-state index contributed by atoms with van der Waals surface area (Å²) in [5.41, 5.74) is 0.961. The molecule has 2 aromatic rings. The molecule has 0 saturated carbocycles. The first-order chi connectivity index (χ1) is 7.90. The van der Waals surface area contributed by atoms with Gasteiger partial charge in [0, 0.05) is 0 Å². The van der Waals surface area contributed by atoms with Gasteiger partial charge in [-0.15, -0.1) is 0 Å². The van der Waals surface area contributed by atoms with Crippen molar-refractivity contribution in [3.05, 3.63) is 60.7 Å². The summed E-state index contributed by atoms with van der Waals surface area (Å²) in [5, 5.41) is 0. The molecule has 0 fully saturated rings. The van der Waals surface area contributed by atoms with Crippen molar-refractivity contribution < 1.29 is 8.40 Å². The molecule has 2 aromatic carbocycles. The monoisotopic (exact) mass is 276 g/mol. The van der Waals surface area contributed by atoms with Gasteiger partial charge in [0.2, 0.25) is 0 Å². The highest BCUT2D eigenvalue weighted by atomic mass is 79.9. The Morgan fingerprint density at radius 1 is 0.812 bits per heavy atom. The second-order valence-electron chi connectivity index (χ2n) is 3.26. The number of halogens is 1. The number of para-hydroxylation sites is 1. The van der Waals surface area contributed by atoms with Gasteiger partial charge in [0.15, 0.2) is 0 Å². The minimum atomic E-state index is -0.441. The van der Waals surface area contributed by atoms with E-state index in [1.165, 1.54) is 0 Å². The molecule has 16 heavy (non-hydrogen) atoms. The minimum Gasteiger partial charge on any atom is -0.532 e. The Kier molecular flexibility index (Phi) is 4.02. The van der Waals surface area contributed by atoms with Crippen molar-refractivity contribution in [2.45, 2.75) is 0 Å². The van der Waals surface area contributed by atoms with Crippen LogP contribution in [0.2, 0.25) is 0 Å². The first kappa shape index (κ1) is 11.2. The molecule has 4 heteroatoms. The van der Waals surface area contributed by atoms with Gasteiger partial charge >= 0.3 is 7.12 Å². The molecule has 80 valence electrons. The Balaban J connectivity index is 2.13. The molecular formula is C12H10BBrO2. The van der Waals surface area contributed by atoms with Crippen LogP contribution in [0.4, 0.5) is 0 Å². The summed E-state index contributed by atoms with van der Waals surface area (Å²) >= 11 is 2.99. The predicted molar refractivity (Wildman–Crippen MR) is 68.9 cm³/mol. The zero-order valence-corrected chi connectivity index (χ0v) is 10.1. The quantitative estimate of drug-likeness (QED) is 0.800. The third-order valence-electron chi connectivity index (χ3n) is 2.14. The van der Waals surface area contributed by atoms with Gasteiger partial charge in [0.25, 0.3) is 0 Å². The molecule has 2 nitrogen and oxygen atoms in total. The summed E-state index contributed by atoms with van der Waals surface area (Å²) in [5.74, 6) is 0.774. The fourth-order valence-electron chi connectivity index (χ4n) is 1.37. The maximum absolute atomic E-state index is 5.68. The Hall–Kier alpha value is -1.26. The van der Waals surface area contributed by atoms with Crippen LogP contribution in [0.1, 0.15) is 0 Å². The lowest BCUT2D eigenvalue weighted by molar-refractivity contribution is 0.484. The zero-order chi connectivity index (χ0) is 11.2. The minimum absolute atomic E-state index is 0.441. The molecule has 0 radical (unpaired) electrons. The van der Waals surface area contributed by atoms with E-state index in [9.17, 15) is 0 Å². The maximum Gasteiger partial charge on any atom is 0.573 e. The highest BCUT2D eigenvalue weighted by molar-refractivity contribution is 9.06. The van der Waals surface area contributed by atoms with E-state index in [-0.39, 0.29) is 0 Å². The lowest BCUT2D eigenvalue weighted by Crippen LogP contribution is -2.37. The van der Waals surface area contributed by atoms with Gasteiger partial charge in [-0.2, -0.15) is 0 Å². The molecule has 0 aromatic heterocycles. The first-order valence-electron chi connectivity index (χ1n) is 4.94. The SMILES string of the molecule is BrOB(Oc1ccccc1)c1ccccc1. The molecule has 0 unspecified atom stereocenters. The first-order valence-corrected chi connectivity index (χ1v) is 5.59. The fourth-order valence-corrected chi connectivity index (χ4v) is 1.66. The second kappa shape index (κ2) is 5.73. The lowest BCUT2D eigenvalue weighted by Gasteiger charge is -2.11. The van der Waals surface area contributed by atoms with E-state index < -0.39 is 7.12 Å². The smallest absolute Gasteiger partial charge is 0.532 e. The Labute approximate surface area is 104 Å². The molecule has 0 N–H and O–H groups in total. The van der Waals surface area contributed by atoms with Crippen LogP contribution in [0.25, 0.3) is 0 Å². The molecule has 0 aliphatic carbocycles.